The van der Waals surface area contributed by atoms with Crippen LogP contribution in [-0.4, -0.2) is 5.11 Å². The van der Waals surface area contributed by atoms with Gasteiger partial charge in [-0.15, -0.1) is 0 Å². The molecule has 20 heavy (non-hydrogen) atoms. The molecule has 0 aromatic heterocycles. The quantitative estimate of drug-likeness (QED) is 0.889. The lowest BCUT2D eigenvalue weighted by Gasteiger charge is -2.18. The van der Waals surface area contributed by atoms with Crippen molar-refractivity contribution < 1.29 is 9.50 Å². The molecule has 2 rings (SSSR count). The van der Waals surface area contributed by atoms with Crippen molar-refractivity contribution in [2.75, 3.05) is 5.32 Å². The van der Waals surface area contributed by atoms with Crippen molar-refractivity contribution in [2.45, 2.75) is 13.0 Å². The Kier molecular flexibility index (Phi) is 4.11. The normalized spacial score (nSPS) is 11.7. The van der Waals surface area contributed by atoms with Gasteiger partial charge in [0.2, 0.25) is 0 Å². The van der Waals surface area contributed by atoms with Crippen LogP contribution in [0.4, 0.5) is 10.1 Å². The number of phenolic OH excluding ortho intramolecular Hbond substituents is 1. The summed E-state index contributed by atoms with van der Waals surface area (Å²) in [6, 6.07) is 10.4. The number of nitrogens with zero attached hydrogens (tertiary/aromatic N) is 1. The Morgan fingerprint density at radius 1 is 1.30 bits per heavy atom. The zero-order chi connectivity index (χ0) is 14.7. The van der Waals surface area contributed by atoms with E-state index >= 15 is 0 Å². The zero-order valence-electron chi connectivity index (χ0n) is 10.7. The molecule has 0 fully saturated rings. The van der Waals surface area contributed by atoms with Gasteiger partial charge in [-0.2, -0.15) is 5.26 Å². The first-order valence-corrected chi connectivity index (χ1v) is 6.33. The lowest BCUT2D eigenvalue weighted by Crippen LogP contribution is -2.07. The molecule has 0 bridgehead atoms. The standard InChI is InChI=1S/C15H12ClFN2O/c1-9(12-4-3-11(17)7-15(12)20)19-14-6-10(8-18)2-5-13(14)16/h2-7,9,19-20H,1H3. The third-order valence-electron chi connectivity index (χ3n) is 2.93. The van der Waals surface area contributed by atoms with Crippen LogP contribution < -0.4 is 5.32 Å². The van der Waals surface area contributed by atoms with Gasteiger partial charge in [0.1, 0.15) is 11.6 Å². The largest absolute Gasteiger partial charge is 0.507 e. The molecular formula is C15H12ClFN2O. The molecule has 1 atom stereocenters. The predicted octanol–water partition coefficient (Wildman–Crippen LogP) is 4.23. The van der Waals surface area contributed by atoms with Crippen LogP contribution in [0.5, 0.6) is 5.75 Å². The Hall–Kier alpha value is -2.25. The summed E-state index contributed by atoms with van der Waals surface area (Å²) in [5, 5.41) is 22.2. The second-order valence-electron chi connectivity index (χ2n) is 4.38. The van der Waals surface area contributed by atoms with Crippen LogP contribution in [0.3, 0.4) is 0 Å². The van der Waals surface area contributed by atoms with Crippen LogP contribution in [0.2, 0.25) is 5.02 Å². The lowest BCUT2D eigenvalue weighted by atomic mass is 10.1. The molecule has 1 unspecified atom stereocenters. The molecule has 0 aliphatic carbocycles. The SMILES string of the molecule is CC(Nc1cc(C#N)ccc1Cl)c1ccc(F)cc1O. The van der Waals surface area contributed by atoms with Crippen LogP contribution >= 0.6 is 11.6 Å². The van der Waals surface area contributed by atoms with Gasteiger partial charge >= 0.3 is 0 Å². The first kappa shape index (κ1) is 14.2. The summed E-state index contributed by atoms with van der Waals surface area (Å²) < 4.78 is 13.0. The molecule has 0 heterocycles. The molecule has 2 aromatic carbocycles. The monoisotopic (exact) mass is 290 g/mol. The summed E-state index contributed by atoms with van der Waals surface area (Å²) in [5.74, 6) is -0.625. The van der Waals surface area contributed by atoms with E-state index in [0.29, 0.717) is 21.8 Å². The van der Waals surface area contributed by atoms with Gasteiger partial charge in [-0.1, -0.05) is 17.7 Å². The van der Waals surface area contributed by atoms with Crippen LogP contribution in [-0.2, 0) is 0 Å². The fourth-order valence-corrected chi connectivity index (χ4v) is 2.07. The minimum absolute atomic E-state index is 0.127. The lowest BCUT2D eigenvalue weighted by molar-refractivity contribution is 0.459. The number of aromatic hydroxyl groups is 1. The molecule has 0 aliphatic heterocycles. The number of nitrogens with one attached hydrogen (secondary N) is 1. The number of anilines is 1. The number of halogens is 2. The fourth-order valence-electron chi connectivity index (χ4n) is 1.90. The molecule has 3 nitrogen and oxygen atoms in total. The third kappa shape index (κ3) is 3.01. The molecule has 102 valence electrons. The second-order valence-corrected chi connectivity index (χ2v) is 4.78. The highest BCUT2D eigenvalue weighted by Gasteiger charge is 2.12. The third-order valence-corrected chi connectivity index (χ3v) is 3.26. The van der Waals surface area contributed by atoms with Gasteiger partial charge in [0.25, 0.3) is 0 Å². The molecule has 0 saturated heterocycles. The van der Waals surface area contributed by atoms with Gasteiger partial charge in [0, 0.05) is 11.6 Å². The molecule has 0 amide bonds. The average molecular weight is 291 g/mol. The Balaban J connectivity index is 2.27. The van der Waals surface area contributed by atoms with Gasteiger partial charge in [-0.3, -0.25) is 0 Å². The van der Waals surface area contributed by atoms with Crippen LogP contribution in [0.1, 0.15) is 24.1 Å². The topological polar surface area (TPSA) is 56.0 Å². The number of hydrogen-bond acceptors (Lipinski definition) is 3. The van der Waals surface area contributed by atoms with Crippen molar-refractivity contribution in [1.82, 2.24) is 0 Å². The van der Waals surface area contributed by atoms with Crippen LogP contribution in [0.25, 0.3) is 0 Å². The Morgan fingerprint density at radius 2 is 2.05 bits per heavy atom. The van der Waals surface area contributed by atoms with Crippen LogP contribution in [0, 0.1) is 17.1 Å². The summed E-state index contributed by atoms with van der Waals surface area (Å²) in [6.07, 6.45) is 0. The molecule has 5 heteroatoms. The molecule has 0 spiro atoms. The molecule has 0 saturated carbocycles. The maximum absolute atomic E-state index is 13.0. The van der Waals surface area contributed by atoms with Crippen molar-refractivity contribution in [2.24, 2.45) is 0 Å². The molecule has 2 N–H and O–H groups in total. The summed E-state index contributed by atoms with van der Waals surface area (Å²) in [5.41, 5.74) is 1.61. The molecule has 0 aliphatic rings. The van der Waals surface area contributed by atoms with Gasteiger partial charge in [-0.05, 0) is 31.2 Å². The van der Waals surface area contributed by atoms with Gasteiger partial charge < -0.3 is 10.4 Å². The van der Waals surface area contributed by atoms with E-state index in [1.54, 1.807) is 18.2 Å². The van der Waals surface area contributed by atoms with E-state index in [4.69, 9.17) is 16.9 Å². The minimum Gasteiger partial charge on any atom is -0.507 e. The van der Waals surface area contributed by atoms with E-state index < -0.39 is 5.82 Å². The highest BCUT2D eigenvalue weighted by atomic mass is 35.5. The summed E-state index contributed by atoms with van der Waals surface area (Å²) in [6.45, 7) is 1.81. The van der Waals surface area contributed by atoms with E-state index in [9.17, 15) is 9.50 Å². The van der Waals surface area contributed by atoms with Crippen molar-refractivity contribution in [3.63, 3.8) is 0 Å². The first-order chi connectivity index (χ1) is 9.51. The number of phenols is 1. The van der Waals surface area contributed by atoms with Gasteiger partial charge in [-0.25, -0.2) is 4.39 Å². The number of benzene rings is 2. The Bertz CT molecular complexity index is 682. The zero-order valence-corrected chi connectivity index (χ0v) is 11.4. The summed E-state index contributed by atoms with van der Waals surface area (Å²) >= 11 is 6.06. The Morgan fingerprint density at radius 3 is 2.70 bits per heavy atom. The highest BCUT2D eigenvalue weighted by molar-refractivity contribution is 6.33. The number of nitriles is 1. The van der Waals surface area contributed by atoms with E-state index in [0.717, 1.165) is 6.07 Å². The van der Waals surface area contributed by atoms with Crippen molar-refractivity contribution in [3.8, 4) is 11.8 Å². The van der Waals surface area contributed by atoms with Gasteiger partial charge in [0.05, 0.1) is 28.4 Å². The van der Waals surface area contributed by atoms with Crippen LogP contribution in [0.15, 0.2) is 36.4 Å². The second kappa shape index (κ2) is 5.81. The maximum Gasteiger partial charge on any atom is 0.126 e. The van der Waals surface area contributed by atoms with E-state index in [-0.39, 0.29) is 11.8 Å². The number of hydrogen-bond donors (Lipinski definition) is 2. The fraction of sp³-hybridized carbons (Fsp3) is 0.133. The van der Waals surface area contributed by atoms with E-state index in [1.165, 1.54) is 12.1 Å². The highest BCUT2D eigenvalue weighted by Crippen LogP contribution is 2.30. The summed E-state index contributed by atoms with van der Waals surface area (Å²) in [4.78, 5) is 0. The number of rotatable bonds is 3. The first-order valence-electron chi connectivity index (χ1n) is 5.96. The van der Waals surface area contributed by atoms with E-state index in [2.05, 4.69) is 5.32 Å². The van der Waals surface area contributed by atoms with Crippen molar-refractivity contribution in [1.29, 1.82) is 5.26 Å². The van der Waals surface area contributed by atoms with Crippen molar-refractivity contribution >= 4 is 17.3 Å². The molecule has 2 aromatic rings. The minimum atomic E-state index is -0.497. The average Bonchev–Trinajstić information content (AvgIpc) is 2.41. The summed E-state index contributed by atoms with van der Waals surface area (Å²) in [7, 11) is 0. The van der Waals surface area contributed by atoms with Crippen molar-refractivity contribution in [3.05, 3.63) is 58.4 Å². The smallest absolute Gasteiger partial charge is 0.126 e. The Labute approximate surface area is 121 Å². The van der Waals surface area contributed by atoms with E-state index in [1.807, 2.05) is 13.0 Å². The predicted molar refractivity (Wildman–Crippen MR) is 76.3 cm³/mol. The molecular weight excluding hydrogens is 279 g/mol. The maximum atomic E-state index is 13.0. The van der Waals surface area contributed by atoms with Gasteiger partial charge in [0.15, 0.2) is 0 Å². The molecule has 0 radical (unpaired) electrons.